The van der Waals surface area contributed by atoms with Crippen LogP contribution in [0.3, 0.4) is 0 Å². The molecule has 0 radical (unpaired) electrons. The first-order chi connectivity index (χ1) is 16.8. The molecule has 1 atom stereocenters. The van der Waals surface area contributed by atoms with Crippen molar-refractivity contribution in [3.63, 3.8) is 0 Å². The lowest BCUT2D eigenvalue weighted by Gasteiger charge is -2.36. The number of carbonyl (C=O) groups is 2. The van der Waals surface area contributed by atoms with Crippen molar-refractivity contribution in [3.8, 4) is 0 Å². The number of alkyl halides is 3. The SMILES string of the molecule is O=C(CCN(CC1CCCO1)C(=O)c1cnccn1)N1CCN(c2cccc(C(F)(F)F)c2)CC1. The predicted molar refractivity (Wildman–Crippen MR) is 122 cm³/mol. The van der Waals surface area contributed by atoms with Crippen molar-refractivity contribution in [1.82, 2.24) is 19.8 Å². The fourth-order valence-electron chi connectivity index (χ4n) is 4.36. The molecule has 11 heteroatoms. The molecule has 0 saturated carbocycles. The average Bonchev–Trinajstić information content (AvgIpc) is 3.39. The van der Waals surface area contributed by atoms with Crippen LogP contribution in [0.25, 0.3) is 0 Å². The van der Waals surface area contributed by atoms with Crippen molar-refractivity contribution in [1.29, 1.82) is 0 Å². The minimum absolute atomic E-state index is 0.0678. The quantitative estimate of drug-likeness (QED) is 0.593. The predicted octanol–water partition coefficient (Wildman–Crippen LogP) is 2.86. The first-order valence-electron chi connectivity index (χ1n) is 11.7. The summed E-state index contributed by atoms with van der Waals surface area (Å²) < 4.78 is 44.8. The lowest BCUT2D eigenvalue weighted by Crippen LogP contribution is -2.49. The Bertz CT molecular complexity index is 1010. The maximum absolute atomic E-state index is 13.0. The van der Waals surface area contributed by atoms with Crippen molar-refractivity contribution in [3.05, 3.63) is 54.1 Å². The molecule has 2 saturated heterocycles. The van der Waals surface area contributed by atoms with Crippen molar-refractivity contribution in [2.45, 2.75) is 31.5 Å². The number of hydrogen-bond donors (Lipinski definition) is 0. The summed E-state index contributed by atoms with van der Waals surface area (Å²) >= 11 is 0. The Morgan fingerprint density at radius 2 is 1.94 bits per heavy atom. The Balaban J connectivity index is 1.32. The third-order valence-corrected chi connectivity index (χ3v) is 6.28. The van der Waals surface area contributed by atoms with E-state index in [0.29, 0.717) is 45.0 Å². The van der Waals surface area contributed by atoms with E-state index in [9.17, 15) is 22.8 Å². The number of carbonyl (C=O) groups excluding carboxylic acids is 2. The summed E-state index contributed by atoms with van der Waals surface area (Å²) in [6.07, 6.45) is 1.81. The molecule has 2 aliphatic heterocycles. The van der Waals surface area contributed by atoms with Gasteiger partial charge in [0.25, 0.3) is 5.91 Å². The Morgan fingerprint density at radius 3 is 2.60 bits per heavy atom. The van der Waals surface area contributed by atoms with Gasteiger partial charge in [0.15, 0.2) is 0 Å². The van der Waals surface area contributed by atoms with Gasteiger partial charge in [-0.3, -0.25) is 14.6 Å². The highest BCUT2D eigenvalue weighted by atomic mass is 19.4. The number of piperazine rings is 1. The second kappa shape index (κ2) is 11.0. The highest BCUT2D eigenvalue weighted by Gasteiger charge is 2.31. The molecule has 188 valence electrons. The zero-order chi connectivity index (χ0) is 24.8. The fraction of sp³-hybridized carbons (Fsp3) is 0.500. The molecule has 0 aliphatic carbocycles. The summed E-state index contributed by atoms with van der Waals surface area (Å²) in [5.41, 5.74) is 0.0180. The minimum atomic E-state index is -4.40. The molecule has 3 heterocycles. The molecular formula is C24H28F3N5O3. The summed E-state index contributed by atoms with van der Waals surface area (Å²) in [5.74, 6) is -0.395. The molecule has 4 rings (SSSR count). The van der Waals surface area contributed by atoms with Crippen LogP contribution in [0.1, 0.15) is 35.3 Å². The molecular weight excluding hydrogens is 463 g/mol. The van der Waals surface area contributed by atoms with Crippen LogP contribution in [0, 0.1) is 0 Å². The number of hydrogen-bond acceptors (Lipinski definition) is 6. The van der Waals surface area contributed by atoms with Gasteiger partial charge in [-0.15, -0.1) is 0 Å². The van der Waals surface area contributed by atoms with Gasteiger partial charge in [0.1, 0.15) is 5.69 Å². The molecule has 1 unspecified atom stereocenters. The normalized spacial score (nSPS) is 18.5. The van der Waals surface area contributed by atoms with Crippen molar-refractivity contribution in [2.24, 2.45) is 0 Å². The van der Waals surface area contributed by atoms with E-state index in [-0.39, 0.29) is 36.6 Å². The molecule has 0 bridgehead atoms. The molecule has 1 aromatic heterocycles. The number of anilines is 1. The number of ether oxygens (including phenoxy) is 1. The number of halogens is 3. The number of benzene rings is 1. The number of rotatable bonds is 7. The lowest BCUT2D eigenvalue weighted by molar-refractivity contribution is -0.137. The number of nitrogens with zero attached hydrogens (tertiary/aromatic N) is 5. The molecule has 2 amide bonds. The molecule has 8 nitrogen and oxygen atoms in total. The zero-order valence-electron chi connectivity index (χ0n) is 19.3. The summed E-state index contributed by atoms with van der Waals surface area (Å²) in [4.78, 5) is 39.0. The van der Waals surface area contributed by atoms with Gasteiger partial charge in [0.2, 0.25) is 5.91 Å². The Kier molecular flexibility index (Phi) is 7.84. The van der Waals surface area contributed by atoms with E-state index in [1.165, 1.54) is 24.7 Å². The molecule has 35 heavy (non-hydrogen) atoms. The van der Waals surface area contributed by atoms with E-state index >= 15 is 0 Å². The van der Waals surface area contributed by atoms with Crippen LogP contribution < -0.4 is 4.90 Å². The largest absolute Gasteiger partial charge is 0.416 e. The van der Waals surface area contributed by atoms with Gasteiger partial charge in [-0.1, -0.05) is 6.07 Å². The van der Waals surface area contributed by atoms with Crippen molar-refractivity contribution in [2.75, 3.05) is 50.8 Å². The number of amides is 2. The van der Waals surface area contributed by atoms with Gasteiger partial charge in [-0.2, -0.15) is 13.2 Å². The summed E-state index contributed by atoms with van der Waals surface area (Å²) in [7, 11) is 0. The summed E-state index contributed by atoms with van der Waals surface area (Å²) in [6.45, 7) is 2.94. The lowest BCUT2D eigenvalue weighted by atomic mass is 10.1. The molecule has 0 N–H and O–H groups in total. The molecule has 2 aliphatic rings. The van der Waals surface area contributed by atoms with Crippen LogP contribution >= 0.6 is 0 Å². The van der Waals surface area contributed by atoms with Crippen LogP contribution in [0.15, 0.2) is 42.9 Å². The molecule has 2 fully saturated rings. The Hall–Kier alpha value is -3.21. The van der Waals surface area contributed by atoms with E-state index in [1.807, 2.05) is 4.90 Å². The van der Waals surface area contributed by atoms with Gasteiger partial charge < -0.3 is 19.4 Å². The van der Waals surface area contributed by atoms with Crippen molar-refractivity contribution < 1.29 is 27.5 Å². The summed E-state index contributed by atoms with van der Waals surface area (Å²) in [6, 6.07) is 5.23. The maximum atomic E-state index is 13.0. The third-order valence-electron chi connectivity index (χ3n) is 6.28. The third kappa shape index (κ3) is 6.47. The van der Waals surface area contributed by atoms with E-state index in [1.54, 1.807) is 15.9 Å². The van der Waals surface area contributed by atoms with Gasteiger partial charge in [0, 0.05) is 70.4 Å². The van der Waals surface area contributed by atoms with Crippen LogP contribution in [-0.4, -0.2) is 83.6 Å². The van der Waals surface area contributed by atoms with Crippen LogP contribution in [0.2, 0.25) is 0 Å². The second-order valence-corrected chi connectivity index (χ2v) is 8.64. The van der Waals surface area contributed by atoms with Crippen LogP contribution in [-0.2, 0) is 15.7 Å². The van der Waals surface area contributed by atoms with E-state index in [2.05, 4.69) is 9.97 Å². The monoisotopic (exact) mass is 491 g/mol. The van der Waals surface area contributed by atoms with E-state index in [0.717, 1.165) is 25.0 Å². The topological polar surface area (TPSA) is 78.9 Å². The first kappa shape index (κ1) is 24.9. The van der Waals surface area contributed by atoms with Gasteiger partial charge in [0.05, 0.1) is 17.9 Å². The molecule has 2 aromatic rings. The van der Waals surface area contributed by atoms with Gasteiger partial charge in [-0.25, -0.2) is 4.98 Å². The summed E-state index contributed by atoms with van der Waals surface area (Å²) in [5, 5.41) is 0. The first-order valence-corrected chi connectivity index (χ1v) is 11.7. The Labute approximate surface area is 201 Å². The van der Waals surface area contributed by atoms with E-state index < -0.39 is 11.7 Å². The highest BCUT2D eigenvalue weighted by Crippen LogP contribution is 2.32. The fourth-order valence-corrected chi connectivity index (χ4v) is 4.36. The highest BCUT2D eigenvalue weighted by molar-refractivity contribution is 5.92. The number of aromatic nitrogens is 2. The van der Waals surface area contributed by atoms with Crippen molar-refractivity contribution >= 4 is 17.5 Å². The maximum Gasteiger partial charge on any atom is 0.416 e. The van der Waals surface area contributed by atoms with Crippen LogP contribution in [0.4, 0.5) is 18.9 Å². The minimum Gasteiger partial charge on any atom is -0.376 e. The van der Waals surface area contributed by atoms with E-state index in [4.69, 9.17) is 4.74 Å². The second-order valence-electron chi connectivity index (χ2n) is 8.64. The van der Waals surface area contributed by atoms with Crippen LogP contribution in [0.5, 0.6) is 0 Å². The molecule has 1 aromatic carbocycles. The van der Waals surface area contributed by atoms with Gasteiger partial charge >= 0.3 is 6.18 Å². The standard InChI is InChI=1S/C24H28F3N5O3/c25-24(26,27)18-3-1-4-19(15-18)30-10-12-31(13-11-30)22(33)6-9-32(17-20-5-2-14-35-20)23(34)21-16-28-7-8-29-21/h1,3-4,7-8,15-16,20H,2,5-6,9-14,17H2. The van der Waals surface area contributed by atoms with Gasteiger partial charge in [-0.05, 0) is 31.0 Å². The molecule has 0 spiro atoms. The zero-order valence-corrected chi connectivity index (χ0v) is 19.3. The smallest absolute Gasteiger partial charge is 0.376 e. The average molecular weight is 492 g/mol. The Morgan fingerprint density at radius 1 is 1.14 bits per heavy atom.